The van der Waals surface area contributed by atoms with E-state index < -0.39 is 0 Å². The van der Waals surface area contributed by atoms with E-state index in [1.54, 1.807) is 13.2 Å². The number of carbonyl (C=O) groups excluding carboxylic acids is 1. The molecular weight excluding hydrogens is 308 g/mol. The molecule has 128 valence electrons. The quantitative estimate of drug-likeness (QED) is 0.843. The third kappa shape index (κ3) is 3.88. The van der Waals surface area contributed by atoms with E-state index in [4.69, 9.17) is 13.9 Å². The second-order valence-corrected chi connectivity index (χ2v) is 6.07. The van der Waals surface area contributed by atoms with E-state index in [-0.39, 0.29) is 12.5 Å². The van der Waals surface area contributed by atoms with E-state index in [9.17, 15) is 4.79 Å². The van der Waals surface area contributed by atoms with Gasteiger partial charge in [0.2, 0.25) is 5.89 Å². The van der Waals surface area contributed by atoms with Gasteiger partial charge in [-0.3, -0.25) is 4.79 Å². The molecule has 0 spiro atoms. The molecule has 1 saturated heterocycles. The fraction of sp³-hybridized carbons (Fsp3) is 0.444. The molecule has 1 aliphatic heterocycles. The number of likely N-dealkylation sites (tertiary alicyclic amines) is 1. The number of piperidine rings is 1. The first-order valence-corrected chi connectivity index (χ1v) is 8.16. The van der Waals surface area contributed by atoms with Crippen molar-refractivity contribution in [1.29, 1.82) is 0 Å². The summed E-state index contributed by atoms with van der Waals surface area (Å²) in [4.78, 5) is 18.5. The number of aromatic nitrogens is 1. The van der Waals surface area contributed by atoms with Crippen LogP contribution in [0.4, 0.5) is 0 Å². The average Bonchev–Trinajstić information content (AvgIpc) is 3.09. The van der Waals surface area contributed by atoms with E-state index in [1.165, 1.54) is 6.26 Å². The fourth-order valence-electron chi connectivity index (χ4n) is 2.69. The van der Waals surface area contributed by atoms with Crippen molar-refractivity contribution in [3.8, 4) is 11.5 Å². The Balaban J connectivity index is 1.58. The summed E-state index contributed by atoms with van der Waals surface area (Å²) in [5.41, 5.74) is 0.341. The van der Waals surface area contributed by atoms with Crippen LogP contribution in [-0.4, -0.2) is 36.0 Å². The molecule has 0 unspecified atom stereocenters. The van der Waals surface area contributed by atoms with Gasteiger partial charge in [-0.1, -0.05) is 13.0 Å². The van der Waals surface area contributed by atoms with Crippen molar-refractivity contribution in [1.82, 2.24) is 9.88 Å². The van der Waals surface area contributed by atoms with Gasteiger partial charge >= 0.3 is 0 Å². The predicted molar refractivity (Wildman–Crippen MR) is 88.1 cm³/mol. The fourth-order valence-corrected chi connectivity index (χ4v) is 2.69. The summed E-state index contributed by atoms with van der Waals surface area (Å²) in [6.07, 6.45) is 3.48. The molecule has 1 aromatic carbocycles. The molecule has 0 radical (unpaired) electrons. The SMILES string of the molecule is COc1cccc(OCc2nc(C(=O)N3CCC(C)CC3)co2)c1. The first-order valence-electron chi connectivity index (χ1n) is 8.16. The molecule has 24 heavy (non-hydrogen) atoms. The normalized spacial score (nSPS) is 15.3. The van der Waals surface area contributed by atoms with Gasteiger partial charge in [0, 0.05) is 19.2 Å². The molecule has 0 atom stereocenters. The van der Waals surface area contributed by atoms with Gasteiger partial charge in [0.15, 0.2) is 12.3 Å². The lowest BCUT2D eigenvalue weighted by atomic mass is 9.99. The minimum absolute atomic E-state index is 0.0710. The Kier molecular flexibility index (Phi) is 5.03. The Morgan fingerprint density at radius 1 is 1.33 bits per heavy atom. The Bertz CT molecular complexity index is 690. The van der Waals surface area contributed by atoms with Crippen LogP contribution in [0.15, 0.2) is 34.9 Å². The standard InChI is InChI=1S/C18H22N2O4/c1-13-6-8-20(9-7-13)18(21)16-11-24-17(19-16)12-23-15-5-3-4-14(10-15)22-2/h3-5,10-11,13H,6-9,12H2,1-2H3. The maximum Gasteiger partial charge on any atom is 0.275 e. The van der Waals surface area contributed by atoms with Gasteiger partial charge in [0.25, 0.3) is 5.91 Å². The molecule has 1 aliphatic rings. The lowest BCUT2D eigenvalue weighted by Gasteiger charge is -2.29. The van der Waals surface area contributed by atoms with Crippen molar-refractivity contribution in [3.63, 3.8) is 0 Å². The summed E-state index contributed by atoms with van der Waals surface area (Å²) in [6.45, 7) is 3.94. The zero-order valence-electron chi connectivity index (χ0n) is 14.0. The van der Waals surface area contributed by atoms with Gasteiger partial charge in [-0.15, -0.1) is 0 Å². The van der Waals surface area contributed by atoms with Crippen molar-refractivity contribution in [2.45, 2.75) is 26.4 Å². The Morgan fingerprint density at radius 2 is 2.08 bits per heavy atom. The van der Waals surface area contributed by atoms with Crippen molar-refractivity contribution < 1.29 is 18.7 Å². The van der Waals surface area contributed by atoms with Crippen LogP contribution in [0.1, 0.15) is 36.1 Å². The number of rotatable bonds is 5. The number of methoxy groups -OCH3 is 1. The molecule has 1 aromatic heterocycles. The van der Waals surface area contributed by atoms with Crippen LogP contribution in [0.5, 0.6) is 11.5 Å². The second kappa shape index (κ2) is 7.38. The highest BCUT2D eigenvalue weighted by atomic mass is 16.5. The number of ether oxygens (including phenoxy) is 2. The molecular formula is C18H22N2O4. The number of benzene rings is 1. The lowest BCUT2D eigenvalue weighted by Crippen LogP contribution is -2.38. The van der Waals surface area contributed by atoms with Crippen molar-refractivity contribution in [2.75, 3.05) is 20.2 Å². The Morgan fingerprint density at radius 3 is 2.83 bits per heavy atom. The van der Waals surface area contributed by atoms with Crippen LogP contribution in [-0.2, 0) is 6.61 Å². The first kappa shape index (κ1) is 16.4. The van der Waals surface area contributed by atoms with Crippen LogP contribution < -0.4 is 9.47 Å². The molecule has 0 N–H and O–H groups in total. The molecule has 0 bridgehead atoms. The van der Waals surface area contributed by atoms with Gasteiger partial charge in [0.05, 0.1) is 7.11 Å². The average molecular weight is 330 g/mol. The van der Waals surface area contributed by atoms with E-state index in [2.05, 4.69) is 11.9 Å². The summed E-state index contributed by atoms with van der Waals surface area (Å²) in [6, 6.07) is 7.29. The first-order chi connectivity index (χ1) is 11.7. The van der Waals surface area contributed by atoms with E-state index in [1.807, 2.05) is 23.1 Å². The number of amides is 1. The second-order valence-electron chi connectivity index (χ2n) is 6.07. The highest BCUT2D eigenvalue weighted by Gasteiger charge is 2.23. The van der Waals surface area contributed by atoms with Crippen molar-refractivity contribution >= 4 is 5.91 Å². The molecule has 1 fully saturated rings. The van der Waals surface area contributed by atoms with Crippen molar-refractivity contribution in [2.24, 2.45) is 5.92 Å². The highest BCUT2D eigenvalue weighted by Crippen LogP contribution is 2.21. The smallest absolute Gasteiger partial charge is 0.275 e. The van der Waals surface area contributed by atoms with Gasteiger partial charge in [-0.2, -0.15) is 0 Å². The van der Waals surface area contributed by atoms with Crippen LogP contribution in [0.25, 0.3) is 0 Å². The molecule has 6 heteroatoms. The highest BCUT2D eigenvalue weighted by molar-refractivity contribution is 5.92. The predicted octanol–water partition coefficient (Wildman–Crippen LogP) is 3.13. The number of nitrogens with zero attached hydrogens (tertiary/aromatic N) is 2. The third-order valence-electron chi connectivity index (χ3n) is 4.25. The summed E-state index contributed by atoms with van der Waals surface area (Å²) >= 11 is 0. The number of hydrogen-bond donors (Lipinski definition) is 0. The van der Waals surface area contributed by atoms with E-state index in [0.717, 1.165) is 31.7 Å². The summed E-state index contributed by atoms with van der Waals surface area (Å²) in [5, 5.41) is 0. The molecule has 2 heterocycles. The van der Waals surface area contributed by atoms with Crippen LogP contribution in [0, 0.1) is 5.92 Å². The minimum Gasteiger partial charge on any atom is -0.497 e. The van der Waals surface area contributed by atoms with E-state index >= 15 is 0 Å². The Hall–Kier alpha value is -2.50. The maximum atomic E-state index is 12.4. The van der Waals surface area contributed by atoms with Crippen LogP contribution in [0.2, 0.25) is 0 Å². The van der Waals surface area contributed by atoms with Gasteiger partial charge in [-0.25, -0.2) is 4.98 Å². The number of oxazole rings is 1. The molecule has 2 aromatic rings. The molecule has 0 saturated carbocycles. The molecule has 3 rings (SSSR count). The molecule has 0 aliphatic carbocycles. The zero-order valence-corrected chi connectivity index (χ0v) is 14.0. The van der Waals surface area contributed by atoms with Crippen LogP contribution in [0.3, 0.4) is 0 Å². The van der Waals surface area contributed by atoms with Gasteiger partial charge in [-0.05, 0) is 30.9 Å². The summed E-state index contributed by atoms with van der Waals surface area (Å²) in [7, 11) is 1.60. The topological polar surface area (TPSA) is 64.8 Å². The minimum atomic E-state index is -0.0710. The largest absolute Gasteiger partial charge is 0.497 e. The maximum absolute atomic E-state index is 12.4. The third-order valence-corrected chi connectivity index (χ3v) is 4.25. The van der Waals surface area contributed by atoms with Gasteiger partial charge in [0.1, 0.15) is 17.8 Å². The van der Waals surface area contributed by atoms with E-state index in [0.29, 0.717) is 23.3 Å². The number of carbonyl (C=O) groups is 1. The molecule has 1 amide bonds. The molecule has 6 nitrogen and oxygen atoms in total. The van der Waals surface area contributed by atoms with Crippen molar-refractivity contribution in [3.05, 3.63) is 42.1 Å². The van der Waals surface area contributed by atoms with Crippen LogP contribution >= 0.6 is 0 Å². The van der Waals surface area contributed by atoms with Gasteiger partial charge < -0.3 is 18.8 Å². The zero-order chi connectivity index (χ0) is 16.9. The lowest BCUT2D eigenvalue weighted by molar-refractivity contribution is 0.0691. The Labute approximate surface area is 141 Å². The monoisotopic (exact) mass is 330 g/mol. The summed E-state index contributed by atoms with van der Waals surface area (Å²) < 4.78 is 16.1. The summed E-state index contributed by atoms with van der Waals surface area (Å²) in [5.74, 6) is 2.36. The number of hydrogen-bond acceptors (Lipinski definition) is 5.